The molecule has 0 bridgehead atoms. The molecule has 1 heterocycles. The van der Waals surface area contributed by atoms with Gasteiger partial charge in [0, 0.05) is 19.8 Å². The lowest BCUT2D eigenvalue weighted by atomic mass is 10.3. The minimum absolute atomic E-state index is 0.141. The molecule has 0 aliphatic heterocycles. The first-order chi connectivity index (χ1) is 12.0. The average molecular weight is 346 g/mol. The van der Waals surface area contributed by atoms with E-state index in [-0.39, 0.29) is 18.6 Å². The zero-order valence-electron chi connectivity index (χ0n) is 14.7. The Bertz CT molecular complexity index is 706. The largest absolute Gasteiger partial charge is 0.494 e. The monoisotopic (exact) mass is 346 g/mol. The van der Waals surface area contributed by atoms with Crippen molar-refractivity contribution in [2.75, 3.05) is 38.0 Å². The van der Waals surface area contributed by atoms with Gasteiger partial charge in [-0.3, -0.25) is 0 Å². The number of hydrogen-bond donors (Lipinski definition) is 2. The number of benzene rings is 1. The number of carbonyl (C=O) groups excluding carboxylic acids is 1. The van der Waals surface area contributed by atoms with Gasteiger partial charge in [0.15, 0.2) is 5.82 Å². The van der Waals surface area contributed by atoms with Crippen molar-refractivity contribution in [3.05, 3.63) is 30.1 Å². The van der Waals surface area contributed by atoms with E-state index in [2.05, 4.69) is 25.6 Å². The molecule has 1 aromatic carbocycles. The molecule has 0 atom stereocenters. The molecule has 2 amide bonds. The van der Waals surface area contributed by atoms with Crippen LogP contribution in [0.1, 0.15) is 12.7 Å². The maximum absolute atomic E-state index is 12.0. The maximum atomic E-state index is 12.0. The molecule has 2 aromatic rings. The van der Waals surface area contributed by atoms with Crippen molar-refractivity contribution in [1.29, 1.82) is 0 Å². The summed E-state index contributed by atoms with van der Waals surface area (Å²) < 4.78 is 10.4. The third-order valence-corrected chi connectivity index (χ3v) is 3.06. The molecule has 9 heteroatoms. The molecule has 0 spiro atoms. The van der Waals surface area contributed by atoms with Crippen LogP contribution >= 0.6 is 0 Å². The predicted octanol–water partition coefficient (Wildman–Crippen LogP) is 1.67. The van der Waals surface area contributed by atoms with Crippen molar-refractivity contribution in [3.63, 3.8) is 0 Å². The number of methoxy groups -OCH3 is 1. The topological polar surface area (TPSA) is 102 Å². The SMILES string of the molecule is CCOc1ccc(NC(=O)NCc2nc(OC)nc(N(C)C)n2)cc1. The zero-order valence-corrected chi connectivity index (χ0v) is 14.7. The number of carbonyl (C=O) groups is 1. The molecule has 0 saturated carbocycles. The van der Waals surface area contributed by atoms with Crippen LogP contribution in [0.5, 0.6) is 11.8 Å². The Morgan fingerprint density at radius 3 is 2.48 bits per heavy atom. The molecule has 9 nitrogen and oxygen atoms in total. The molecular weight excluding hydrogens is 324 g/mol. The summed E-state index contributed by atoms with van der Waals surface area (Å²) in [6, 6.07) is 6.94. The summed E-state index contributed by atoms with van der Waals surface area (Å²) >= 11 is 0. The molecule has 2 N–H and O–H groups in total. The van der Waals surface area contributed by atoms with Gasteiger partial charge in [-0.25, -0.2) is 4.79 Å². The first-order valence-corrected chi connectivity index (χ1v) is 7.75. The molecule has 2 rings (SSSR count). The maximum Gasteiger partial charge on any atom is 0.321 e. The highest BCUT2D eigenvalue weighted by Crippen LogP contribution is 2.15. The summed E-state index contributed by atoms with van der Waals surface area (Å²) in [7, 11) is 5.10. The van der Waals surface area contributed by atoms with E-state index in [9.17, 15) is 4.79 Å². The number of ether oxygens (including phenoxy) is 2. The second-order valence-corrected chi connectivity index (χ2v) is 5.20. The second kappa shape index (κ2) is 8.67. The smallest absolute Gasteiger partial charge is 0.321 e. The van der Waals surface area contributed by atoms with E-state index < -0.39 is 0 Å². The number of amides is 2. The van der Waals surface area contributed by atoms with Gasteiger partial charge in [0.1, 0.15) is 5.75 Å². The summed E-state index contributed by atoms with van der Waals surface area (Å²) in [6.45, 7) is 2.65. The van der Waals surface area contributed by atoms with Gasteiger partial charge in [-0.05, 0) is 31.2 Å². The zero-order chi connectivity index (χ0) is 18.2. The molecule has 134 valence electrons. The Kier molecular flexibility index (Phi) is 6.33. The summed E-state index contributed by atoms with van der Waals surface area (Å²) in [6.07, 6.45) is 0. The Balaban J connectivity index is 1.94. The Morgan fingerprint density at radius 2 is 1.88 bits per heavy atom. The van der Waals surface area contributed by atoms with Crippen LogP contribution in [0.2, 0.25) is 0 Å². The van der Waals surface area contributed by atoms with Crippen LogP contribution < -0.4 is 25.0 Å². The van der Waals surface area contributed by atoms with E-state index >= 15 is 0 Å². The number of urea groups is 1. The van der Waals surface area contributed by atoms with Crippen molar-refractivity contribution >= 4 is 17.7 Å². The molecule has 0 radical (unpaired) electrons. The van der Waals surface area contributed by atoms with Crippen molar-refractivity contribution in [1.82, 2.24) is 20.3 Å². The lowest BCUT2D eigenvalue weighted by Gasteiger charge is -2.12. The van der Waals surface area contributed by atoms with Crippen LogP contribution in [0.4, 0.5) is 16.4 Å². The van der Waals surface area contributed by atoms with Crippen LogP contribution in [0.3, 0.4) is 0 Å². The normalized spacial score (nSPS) is 10.1. The number of rotatable bonds is 7. The molecule has 0 aliphatic rings. The first kappa shape index (κ1) is 18.2. The molecule has 0 unspecified atom stereocenters. The van der Waals surface area contributed by atoms with Gasteiger partial charge in [-0.2, -0.15) is 15.0 Å². The molecule has 0 aliphatic carbocycles. The van der Waals surface area contributed by atoms with Crippen LogP contribution in [0, 0.1) is 0 Å². The van der Waals surface area contributed by atoms with Gasteiger partial charge in [-0.15, -0.1) is 0 Å². The van der Waals surface area contributed by atoms with E-state index in [0.717, 1.165) is 5.75 Å². The third kappa shape index (κ3) is 5.48. The summed E-state index contributed by atoms with van der Waals surface area (Å²) in [5.74, 6) is 1.61. The van der Waals surface area contributed by atoms with Crippen molar-refractivity contribution < 1.29 is 14.3 Å². The summed E-state index contributed by atoms with van der Waals surface area (Å²) in [5, 5.41) is 5.43. The van der Waals surface area contributed by atoms with Gasteiger partial charge in [0.2, 0.25) is 5.95 Å². The lowest BCUT2D eigenvalue weighted by Crippen LogP contribution is -2.29. The van der Waals surface area contributed by atoms with E-state index in [4.69, 9.17) is 9.47 Å². The highest BCUT2D eigenvalue weighted by molar-refractivity contribution is 5.89. The molecule has 0 fully saturated rings. The summed E-state index contributed by atoms with van der Waals surface area (Å²) in [5.41, 5.74) is 0.656. The molecular formula is C16H22N6O3. The molecule has 1 aromatic heterocycles. The number of anilines is 2. The van der Waals surface area contributed by atoms with Crippen LogP contribution in [0.25, 0.3) is 0 Å². The van der Waals surface area contributed by atoms with Gasteiger partial charge < -0.3 is 25.0 Å². The van der Waals surface area contributed by atoms with Crippen molar-refractivity contribution in [2.45, 2.75) is 13.5 Å². The van der Waals surface area contributed by atoms with Gasteiger partial charge in [-0.1, -0.05) is 0 Å². The fourth-order valence-electron chi connectivity index (χ4n) is 1.89. The number of hydrogen-bond acceptors (Lipinski definition) is 7. The fraction of sp³-hybridized carbons (Fsp3) is 0.375. The summed E-state index contributed by atoms with van der Waals surface area (Å²) in [4.78, 5) is 26.2. The Morgan fingerprint density at radius 1 is 1.16 bits per heavy atom. The molecule has 25 heavy (non-hydrogen) atoms. The van der Waals surface area contributed by atoms with Gasteiger partial charge in [0.05, 0.1) is 20.3 Å². The lowest BCUT2D eigenvalue weighted by molar-refractivity contribution is 0.251. The highest BCUT2D eigenvalue weighted by Gasteiger charge is 2.10. The van der Waals surface area contributed by atoms with Gasteiger partial charge in [0.25, 0.3) is 0 Å². The Hall–Kier alpha value is -3.10. The average Bonchev–Trinajstić information content (AvgIpc) is 2.61. The minimum Gasteiger partial charge on any atom is -0.494 e. The second-order valence-electron chi connectivity index (χ2n) is 5.20. The number of nitrogens with one attached hydrogen (secondary N) is 2. The number of aromatic nitrogens is 3. The van der Waals surface area contributed by atoms with Crippen molar-refractivity contribution in [3.8, 4) is 11.8 Å². The first-order valence-electron chi connectivity index (χ1n) is 7.75. The van der Waals surface area contributed by atoms with E-state index in [1.54, 1.807) is 29.2 Å². The van der Waals surface area contributed by atoms with Crippen LogP contribution in [-0.4, -0.2) is 48.8 Å². The standard InChI is InChI=1S/C16H22N6O3/c1-5-25-12-8-6-11(7-9-12)18-15(23)17-10-13-19-14(22(2)3)21-16(20-13)24-4/h6-9H,5,10H2,1-4H3,(H2,17,18,23). The highest BCUT2D eigenvalue weighted by atomic mass is 16.5. The van der Waals surface area contributed by atoms with E-state index in [1.165, 1.54) is 7.11 Å². The predicted molar refractivity (Wildman–Crippen MR) is 94.2 cm³/mol. The van der Waals surface area contributed by atoms with Crippen LogP contribution in [0.15, 0.2) is 24.3 Å². The van der Waals surface area contributed by atoms with E-state index in [1.807, 2.05) is 21.0 Å². The Labute approximate surface area is 146 Å². The van der Waals surface area contributed by atoms with Gasteiger partial charge >= 0.3 is 12.0 Å². The fourth-order valence-corrected chi connectivity index (χ4v) is 1.89. The quantitative estimate of drug-likeness (QED) is 0.786. The van der Waals surface area contributed by atoms with Crippen molar-refractivity contribution in [2.24, 2.45) is 0 Å². The van der Waals surface area contributed by atoms with E-state index in [0.29, 0.717) is 24.1 Å². The van der Waals surface area contributed by atoms with Crippen LogP contribution in [-0.2, 0) is 6.54 Å². The number of nitrogens with zero attached hydrogens (tertiary/aromatic N) is 4. The molecule has 0 saturated heterocycles. The third-order valence-electron chi connectivity index (χ3n) is 3.06. The minimum atomic E-state index is -0.366.